The molecule has 0 amide bonds. The van der Waals surface area contributed by atoms with Crippen molar-refractivity contribution in [3.63, 3.8) is 0 Å². The SMILES string of the molecule is CCC(C)(O)CN1CCN(c2ncccn2)CC1. The Kier molecular flexibility index (Phi) is 4.14. The Morgan fingerprint density at radius 3 is 2.39 bits per heavy atom. The minimum atomic E-state index is -0.578. The number of aliphatic hydroxyl groups is 1. The van der Waals surface area contributed by atoms with Crippen LogP contribution in [0.5, 0.6) is 0 Å². The van der Waals surface area contributed by atoms with E-state index in [0.29, 0.717) is 0 Å². The molecule has 2 rings (SSSR count). The van der Waals surface area contributed by atoms with Crippen LogP contribution in [0, 0.1) is 0 Å². The molecular formula is C13H22N4O. The van der Waals surface area contributed by atoms with Gasteiger partial charge in [0.05, 0.1) is 5.60 Å². The molecule has 0 radical (unpaired) electrons. The second-order valence-corrected chi connectivity index (χ2v) is 5.16. The Morgan fingerprint density at radius 2 is 1.83 bits per heavy atom. The van der Waals surface area contributed by atoms with Gasteiger partial charge in [-0.1, -0.05) is 6.92 Å². The molecule has 1 saturated heterocycles. The molecule has 100 valence electrons. The van der Waals surface area contributed by atoms with Gasteiger partial charge in [-0.15, -0.1) is 0 Å². The Labute approximate surface area is 108 Å². The number of rotatable bonds is 4. The van der Waals surface area contributed by atoms with Gasteiger partial charge in [-0.2, -0.15) is 0 Å². The Hall–Kier alpha value is -1.20. The molecule has 1 atom stereocenters. The van der Waals surface area contributed by atoms with Crippen molar-refractivity contribution in [1.29, 1.82) is 0 Å². The van der Waals surface area contributed by atoms with Gasteiger partial charge < -0.3 is 10.0 Å². The second-order valence-electron chi connectivity index (χ2n) is 5.16. The summed E-state index contributed by atoms with van der Waals surface area (Å²) in [6.45, 7) is 8.41. The van der Waals surface area contributed by atoms with Crippen molar-refractivity contribution in [3.8, 4) is 0 Å². The minimum Gasteiger partial charge on any atom is -0.389 e. The Balaban J connectivity index is 1.85. The molecule has 1 unspecified atom stereocenters. The largest absolute Gasteiger partial charge is 0.389 e. The van der Waals surface area contributed by atoms with E-state index in [-0.39, 0.29) is 0 Å². The third-order valence-corrected chi connectivity index (χ3v) is 3.53. The fourth-order valence-electron chi connectivity index (χ4n) is 2.15. The van der Waals surface area contributed by atoms with Crippen LogP contribution in [0.2, 0.25) is 0 Å². The summed E-state index contributed by atoms with van der Waals surface area (Å²) in [7, 11) is 0. The highest BCUT2D eigenvalue weighted by Crippen LogP contribution is 2.14. The van der Waals surface area contributed by atoms with E-state index >= 15 is 0 Å². The summed E-state index contributed by atoms with van der Waals surface area (Å²) in [5.74, 6) is 0.805. The topological polar surface area (TPSA) is 52.5 Å². The van der Waals surface area contributed by atoms with E-state index in [1.807, 2.05) is 19.9 Å². The molecule has 2 heterocycles. The molecule has 5 nitrogen and oxygen atoms in total. The summed E-state index contributed by atoms with van der Waals surface area (Å²) in [6, 6.07) is 1.83. The van der Waals surface area contributed by atoms with Gasteiger partial charge >= 0.3 is 0 Å². The second kappa shape index (κ2) is 5.63. The van der Waals surface area contributed by atoms with Gasteiger partial charge in [0.25, 0.3) is 0 Å². The number of aromatic nitrogens is 2. The first-order valence-corrected chi connectivity index (χ1v) is 6.57. The van der Waals surface area contributed by atoms with Crippen molar-refractivity contribution in [2.75, 3.05) is 37.6 Å². The molecule has 0 bridgehead atoms. The molecule has 1 N–H and O–H groups in total. The van der Waals surface area contributed by atoms with Crippen LogP contribution in [0.15, 0.2) is 18.5 Å². The van der Waals surface area contributed by atoms with Crippen molar-refractivity contribution < 1.29 is 5.11 Å². The highest BCUT2D eigenvalue weighted by atomic mass is 16.3. The maximum Gasteiger partial charge on any atom is 0.225 e. The van der Waals surface area contributed by atoms with E-state index in [1.54, 1.807) is 12.4 Å². The van der Waals surface area contributed by atoms with Crippen molar-refractivity contribution in [3.05, 3.63) is 18.5 Å². The number of β-amino-alcohol motifs (C(OH)–C–C–N with tert-alkyl or cyclic N) is 1. The lowest BCUT2D eigenvalue weighted by Gasteiger charge is -2.38. The van der Waals surface area contributed by atoms with Crippen LogP contribution in [-0.2, 0) is 0 Å². The Morgan fingerprint density at radius 1 is 1.22 bits per heavy atom. The van der Waals surface area contributed by atoms with Gasteiger partial charge in [0.2, 0.25) is 5.95 Å². The van der Waals surface area contributed by atoms with Gasteiger partial charge in [-0.3, -0.25) is 4.90 Å². The van der Waals surface area contributed by atoms with Gasteiger partial charge in [-0.05, 0) is 19.4 Å². The fraction of sp³-hybridized carbons (Fsp3) is 0.692. The van der Waals surface area contributed by atoms with Crippen molar-refractivity contribution in [1.82, 2.24) is 14.9 Å². The lowest BCUT2D eigenvalue weighted by molar-refractivity contribution is 0.0149. The van der Waals surface area contributed by atoms with Crippen LogP contribution in [-0.4, -0.2) is 58.3 Å². The molecule has 0 saturated carbocycles. The summed E-state index contributed by atoms with van der Waals surface area (Å²) in [4.78, 5) is 13.0. The molecular weight excluding hydrogens is 228 g/mol. The average molecular weight is 250 g/mol. The van der Waals surface area contributed by atoms with E-state index in [2.05, 4.69) is 19.8 Å². The quantitative estimate of drug-likeness (QED) is 0.855. The summed E-state index contributed by atoms with van der Waals surface area (Å²) in [5, 5.41) is 10.1. The zero-order valence-corrected chi connectivity index (χ0v) is 11.2. The van der Waals surface area contributed by atoms with E-state index in [9.17, 15) is 5.11 Å². The van der Waals surface area contributed by atoms with Crippen LogP contribution in [0.25, 0.3) is 0 Å². The van der Waals surface area contributed by atoms with E-state index < -0.39 is 5.60 Å². The van der Waals surface area contributed by atoms with Gasteiger partial charge in [0.15, 0.2) is 0 Å². The first kappa shape index (κ1) is 13.2. The molecule has 1 fully saturated rings. The summed E-state index contributed by atoms with van der Waals surface area (Å²) >= 11 is 0. The fourth-order valence-corrected chi connectivity index (χ4v) is 2.15. The highest BCUT2D eigenvalue weighted by Gasteiger charge is 2.25. The number of hydrogen-bond donors (Lipinski definition) is 1. The summed E-state index contributed by atoms with van der Waals surface area (Å²) in [6.07, 6.45) is 4.34. The van der Waals surface area contributed by atoms with E-state index in [1.165, 1.54) is 0 Å². The molecule has 0 spiro atoms. The molecule has 1 aliphatic rings. The van der Waals surface area contributed by atoms with Gasteiger partial charge in [0.1, 0.15) is 0 Å². The van der Waals surface area contributed by atoms with Crippen LogP contribution in [0.3, 0.4) is 0 Å². The number of anilines is 1. The minimum absolute atomic E-state index is 0.578. The predicted molar refractivity (Wildman–Crippen MR) is 71.6 cm³/mol. The van der Waals surface area contributed by atoms with Gasteiger partial charge in [-0.25, -0.2) is 9.97 Å². The lowest BCUT2D eigenvalue weighted by atomic mass is 10.0. The Bertz CT molecular complexity index is 361. The molecule has 1 aromatic heterocycles. The third kappa shape index (κ3) is 3.40. The standard InChI is InChI=1S/C13H22N4O/c1-3-13(2,18)11-16-7-9-17(10-8-16)12-14-5-4-6-15-12/h4-6,18H,3,7-11H2,1-2H3. The molecule has 0 aromatic carbocycles. The van der Waals surface area contributed by atoms with Gasteiger partial charge in [0, 0.05) is 45.1 Å². The number of piperazine rings is 1. The van der Waals surface area contributed by atoms with E-state index in [0.717, 1.165) is 45.1 Å². The molecule has 0 aliphatic carbocycles. The highest BCUT2D eigenvalue weighted by molar-refractivity contribution is 5.29. The number of hydrogen-bond acceptors (Lipinski definition) is 5. The smallest absolute Gasteiger partial charge is 0.225 e. The van der Waals surface area contributed by atoms with Crippen LogP contribution in [0.4, 0.5) is 5.95 Å². The maximum absolute atomic E-state index is 10.1. The van der Waals surface area contributed by atoms with Crippen molar-refractivity contribution in [2.24, 2.45) is 0 Å². The van der Waals surface area contributed by atoms with Crippen LogP contribution >= 0.6 is 0 Å². The molecule has 1 aromatic rings. The van der Waals surface area contributed by atoms with E-state index in [4.69, 9.17) is 0 Å². The summed E-state index contributed by atoms with van der Waals surface area (Å²) in [5.41, 5.74) is -0.578. The molecule has 5 heteroatoms. The first-order valence-electron chi connectivity index (χ1n) is 6.57. The zero-order chi connectivity index (χ0) is 13.0. The predicted octanol–water partition coefficient (Wildman–Crippen LogP) is 0.760. The van der Waals surface area contributed by atoms with Crippen LogP contribution in [0.1, 0.15) is 20.3 Å². The molecule has 1 aliphatic heterocycles. The van der Waals surface area contributed by atoms with Crippen molar-refractivity contribution in [2.45, 2.75) is 25.9 Å². The van der Waals surface area contributed by atoms with Crippen LogP contribution < -0.4 is 4.90 Å². The molecule has 18 heavy (non-hydrogen) atoms. The monoisotopic (exact) mass is 250 g/mol. The third-order valence-electron chi connectivity index (χ3n) is 3.53. The normalized spacial score (nSPS) is 20.7. The zero-order valence-electron chi connectivity index (χ0n) is 11.2. The summed E-state index contributed by atoms with van der Waals surface area (Å²) < 4.78 is 0. The number of nitrogens with zero attached hydrogens (tertiary/aromatic N) is 4. The first-order chi connectivity index (χ1) is 8.61. The maximum atomic E-state index is 10.1. The van der Waals surface area contributed by atoms with Crippen molar-refractivity contribution >= 4 is 5.95 Å². The average Bonchev–Trinajstić information content (AvgIpc) is 2.40. The lowest BCUT2D eigenvalue weighted by Crippen LogP contribution is -2.51.